The van der Waals surface area contributed by atoms with Crippen molar-refractivity contribution in [3.63, 3.8) is 0 Å². The molecule has 0 spiro atoms. The molecule has 0 unspecified atom stereocenters. The first kappa shape index (κ1) is 13.1. The van der Waals surface area contributed by atoms with Crippen molar-refractivity contribution in [1.82, 2.24) is 13.9 Å². The Kier molecular flexibility index (Phi) is 3.73. The molecule has 1 aliphatic carbocycles. The van der Waals surface area contributed by atoms with Gasteiger partial charge in [-0.2, -0.15) is 4.31 Å². The Balaban J connectivity index is 2.22. The summed E-state index contributed by atoms with van der Waals surface area (Å²) >= 11 is 0. The highest BCUT2D eigenvalue weighted by Gasteiger charge is 2.32. The van der Waals surface area contributed by atoms with Crippen LogP contribution in [0.2, 0.25) is 0 Å². The van der Waals surface area contributed by atoms with Gasteiger partial charge in [0.1, 0.15) is 0 Å². The van der Waals surface area contributed by atoms with Crippen LogP contribution in [0.15, 0.2) is 17.6 Å². The smallest absolute Gasteiger partial charge is 0.262 e. The molecule has 98 valence electrons. The van der Waals surface area contributed by atoms with Crippen LogP contribution in [0.5, 0.6) is 0 Å². The van der Waals surface area contributed by atoms with Crippen LogP contribution < -0.4 is 0 Å². The van der Waals surface area contributed by atoms with Gasteiger partial charge in [-0.3, -0.25) is 0 Å². The lowest BCUT2D eigenvalue weighted by Crippen LogP contribution is -2.33. The highest BCUT2D eigenvalue weighted by atomic mass is 32.2. The van der Waals surface area contributed by atoms with E-state index in [1.807, 2.05) is 6.92 Å². The van der Waals surface area contributed by atoms with Gasteiger partial charge < -0.3 is 4.57 Å². The number of terminal acetylenes is 1. The topological polar surface area (TPSA) is 55.2 Å². The molecule has 1 aromatic heterocycles. The average molecular weight is 267 g/mol. The predicted octanol–water partition coefficient (Wildman–Crippen LogP) is 0.937. The van der Waals surface area contributed by atoms with Crippen molar-refractivity contribution < 1.29 is 8.42 Å². The van der Waals surface area contributed by atoms with Crippen LogP contribution in [-0.2, 0) is 16.6 Å². The van der Waals surface area contributed by atoms with Gasteiger partial charge in [-0.25, -0.2) is 13.4 Å². The Morgan fingerprint density at radius 3 is 2.83 bits per heavy atom. The lowest BCUT2D eigenvalue weighted by Gasteiger charge is -2.17. The number of aryl methyl sites for hydroxylation is 1. The summed E-state index contributed by atoms with van der Waals surface area (Å²) in [5.74, 6) is 2.87. The molecule has 6 heteroatoms. The van der Waals surface area contributed by atoms with Gasteiger partial charge >= 0.3 is 0 Å². The van der Waals surface area contributed by atoms with Crippen LogP contribution in [0.3, 0.4) is 0 Å². The van der Waals surface area contributed by atoms with E-state index in [2.05, 4.69) is 10.9 Å². The largest absolute Gasteiger partial charge is 0.336 e. The number of hydrogen-bond donors (Lipinski definition) is 0. The lowest BCUT2D eigenvalue weighted by atomic mass is 10.4. The molecule has 0 N–H and O–H groups in total. The van der Waals surface area contributed by atoms with Crippen molar-refractivity contribution in [2.24, 2.45) is 5.92 Å². The Bertz CT molecular complexity index is 552. The second kappa shape index (κ2) is 5.12. The molecule has 2 rings (SSSR count). The van der Waals surface area contributed by atoms with E-state index in [0.29, 0.717) is 19.0 Å². The van der Waals surface area contributed by atoms with Crippen molar-refractivity contribution in [3.05, 3.63) is 12.5 Å². The first-order valence-electron chi connectivity index (χ1n) is 6.03. The molecule has 18 heavy (non-hydrogen) atoms. The van der Waals surface area contributed by atoms with Crippen molar-refractivity contribution in [1.29, 1.82) is 0 Å². The molecule has 0 amide bonds. The van der Waals surface area contributed by atoms with E-state index in [9.17, 15) is 8.42 Å². The van der Waals surface area contributed by atoms with Gasteiger partial charge in [-0.05, 0) is 25.7 Å². The molecule has 0 aliphatic heterocycles. The van der Waals surface area contributed by atoms with Crippen molar-refractivity contribution >= 4 is 10.0 Å². The second-order valence-corrected chi connectivity index (χ2v) is 6.37. The Labute approximate surface area is 108 Å². The number of hydrogen-bond acceptors (Lipinski definition) is 3. The first-order chi connectivity index (χ1) is 8.57. The fraction of sp³-hybridized carbons (Fsp3) is 0.583. The summed E-state index contributed by atoms with van der Waals surface area (Å²) in [5.41, 5.74) is 0. The highest BCUT2D eigenvalue weighted by molar-refractivity contribution is 7.89. The minimum atomic E-state index is -3.55. The summed E-state index contributed by atoms with van der Waals surface area (Å²) in [4.78, 5) is 3.95. The van der Waals surface area contributed by atoms with Crippen LogP contribution >= 0.6 is 0 Å². The minimum Gasteiger partial charge on any atom is -0.336 e. The third-order valence-electron chi connectivity index (χ3n) is 3.01. The SMILES string of the molecule is C#CCN(CC1CC1)S(=O)(=O)c1cn(CC)cn1. The molecule has 1 fully saturated rings. The third-order valence-corrected chi connectivity index (χ3v) is 4.70. The molecule has 1 aromatic rings. The molecule has 0 saturated heterocycles. The van der Waals surface area contributed by atoms with E-state index in [1.165, 1.54) is 10.6 Å². The maximum Gasteiger partial charge on any atom is 0.262 e. The van der Waals surface area contributed by atoms with Gasteiger partial charge in [0.25, 0.3) is 10.0 Å². The van der Waals surface area contributed by atoms with E-state index in [1.54, 1.807) is 10.8 Å². The number of sulfonamides is 1. The van der Waals surface area contributed by atoms with Gasteiger partial charge in [0.2, 0.25) is 0 Å². The van der Waals surface area contributed by atoms with Gasteiger partial charge in [-0.15, -0.1) is 6.42 Å². The van der Waals surface area contributed by atoms with E-state index in [0.717, 1.165) is 12.8 Å². The van der Waals surface area contributed by atoms with E-state index < -0.39 is 10.0 Å². The Hall–Kier alpha value is -1.32. The molecule has 0 aromatic carbocycles. The fourth-order valence-corrected chi connectivity index (χ4v) is 3.08. The molecule has 1 saturated carbocycles. The maximum absolute atomic E-state index is 12.4. The monoisotopic (exact) mass is 267 g/mol. The molecule has 1 heterocycles. The summed E-state index contributed by atoms with van der Waals surface area (Å²) in [5, 5.41) is 0.0836. The number of imidazole rings is 1. The van der Waals surface area contributed by atoms with Crippen molar-refractivity contribution in [2.45, 2.75) is 31.3 Å². The lowest BCUT2D eigenvalue weighted by molar-refractivity contribution is 0.428. The molecule has 1 aliphatic rings. The molecule has 0 atom stereocenters. The summed E-state index contributed by atoms with van der Waals surface area (Å²) < 4.78 is 27.8. The number of rotatable bonds is 6. The summed E-state index contributed by atoms with van der Waals surface area (Å²) in [6.07, 6.45) is 10.5. The summed E-state index contributed by atoms with van der Waals surface area (Å²) in [6, 6.07) is 0. The van der Waals surface area contributed by atoms with Crippen LogP contribution in [0.25, 0.3) is 0 Å². The number of nitrogens with zero attached hydrogens (tertiary/aromatic N) is 3. The zero-order chi connectivity index (χ0) is 13.2. The number of aromatic nitrogens is 2. The van der Waals surface area contributed by atoms with Crippen LogP contribution in [-0.4, -0.2) is 35.4 Å². The van der Waals surface area contributed by atoms with Crippen LogP contribution in [0.4, 0.5) is 0 Å². The summed E-state index contributed by atoms with van der Waals surface area (Å²) in [7, 11) is -3.55. The first-order valence-corrected chi connectivity index (χ1v) is 7.47. The van der Waals surface area contributed by atoms with Crippen LogP contribution in [0.1, 0.15) is 19.8 Å². The van der Waals surface area contributed by atoms with Gasteiger partial charge in [0, 0.05) is 19.3 Å². The van der Waals surface area contributed by atoms with Crippen molar-refractivity contribution in [2.75, 3.05) is 13.1 Å². The molecular formula is C12H17N3O2S. The maximum atomic E-state index is 12.4. The van der Waals surface area contributed by atoms with Gasteiger partial charge in [0.05, 0.1) is 12.9 Å². The summed E-state index contributed by atoms with van der Waals surface area (Å²) in [6.45, 7) is 3.24. The average Bonchev–Trinajstić information content (AvgIpc) is 3.02. The van der Waals surface area contributed by atoms with Crippen molar-refractivity contribution in [3.8, 4) is 12.3 Å². The molecular weight excluding hydrogens is 250 g/mol. The Morgan fingerprint density at radius 1 is 1.61 bits per heavy atom. The van der Waals surface area contributed by atoms with E-state index >= 15 is 0 Å². The highest BCUT2D eigenvalue weighted by Crippen LogP contribution is 2.31. The minimum absolute atomic E-state index is 0.0836. The predicted molar refractivity (Wildman–Crippen MR) is 68.2 cm³/mol. The molecule has 0 radical (unpaired) electrons. The molecule has 5 nitrogen and oxygen atoms in total. The fourth-order valence-electron chi connectivity index (χ4n) is 1.72. The zero-order valence-electron chi connectivity index (χ0n) is 10.4. The van der Waals surface area contributed by atoms with E-state index in [-0.39, 0.29) is 11.6 Å². The molecule has 0 bridgehead atoms. The zero-order valence-corrected chi connectivity index (χ0v) is 11.2. The normalized spacial score (nSPS) is 15.8. The van der Waals surface area contributed by atoms with Gasteiger partial charge in [0.15, 0.2) is 5.03 Å². The third kappa shape index (κ3) is 2.74. The van der Waals surface area contributed by atoms with Crippen LogP contribution in [0, 0.1) is 18.3 Å². The quantitative estimate of drug-likeness (QED) is 0.721. The van der Waals surface area contributed by atoms with E-state index in [4.69, 9.17) is 6.42 Å². The van der Waals surface area contributed by atoms with Gasteiger partial charge in [-0.1, -0.05) is 5.92 Å². The standard InChI is InChI=1S/C12H17N3O2S/c1-3-7-15(8-11-5-6-11)18(16,17)12-9-14(4-2)10-13-12/h1,9-11H,4-8H2,2H3. The Morgan fingerprint density at radius 2 is 2.33 bits per heavy atom. The second-order valence-electron chi connectivity index (χ2n) is 4.49.